The number of benzene rings is 3. The monoisotopic (exact) mass is 478 g/mol. The molecule has 2 amide bonds. The van der Waals surface area contributed by atoms with Crippen molar-refractivity contribution < 1.29 is 19.1 Å². The molecule has 0 bridgehead atoms. The molecule has 34 heavy (non-hydrogen) atoms. The van der Waals surface area contributed by atoms with Crippen molar-refractivity contribution in [1.82, 2.24) is 10.2 Å². The average Bonchev–Trinajstić information content (AvgIpc) is 3.19. The molecule has 1 heterocycles. The maximum Gasteiger partial charge on any atom is 0.255 e. The van der Waals surface area contributed by atoms with Crippen LogP contribution in [0, 0.1) is 0 Å². The van der Waals surface area contributed by atoms with Crippen LogP contribution in [-0.4, -0.2) is 30.4 Å². The number of nitrogens with zero attached hydrogens (tertiary/aromatic N) is 1. The molecule has 1 aliphatic rings. The van der Waals surface area contributed by atoms with Gasteiger partial charge < -0.3 is 19.7 Å². The lowest BCUT2D eigenvalue weighted by molar-refractivity contribution is -0.122. The summed E-state index contributed by atoms with van der Waals surface area (Å²) in [6, 6.07) is 20.0. The summed E-state index contributed by atoms with van der Waals surface area (Å²) in [5, 5.41) is 3.61. The molecular weight excluding hydrogens is 452 g/mol. The zero-order valence-corrected chi connectivity index (χ0v) is 20.0. The number of nitrogens with one attached hydrogen (secondary N) is 1. The topological polar surface area (TPSA) is 67.9 Å². The fourth-order valence-electron chi connectivity index (χ4n) is 4.15. The Hall–Kier alpha value is -3.51. The Morgan fingerprint density at radius 3 is 2.56 bits per heavy atom. The molecule has 0 saturated carbocycles. The van der Waals surface area contributed by atoms with Gasteiger partial charge >= 0.3 is 0 Å². The molecule has 1 N–H and O–H groups in total. The number of hydrogen-bond donors (Lipinski definition) is 1. The first-order valence-corrected chi connectivity index (χ1v) is 11.6. The molecule has 0 saturated heterocycles. The standard InChI is InChI=1S/C27H27ClN2O4/c1-3-34-24-13-10-19(14-25(24)33-2)23(30-17-20-6-4-5-7-22(20)27(30)32)15-26(31)29-16-18-8-11-21(28)12-9-18/h4-14,23H,3,15-17H2,1-2H3,(H,29,31)/t23-/m0/s1. The van der Waals surface area contributed by atoms with E-state index in [4.69, 9.17) is 21.1 Å². The Labute approximate surface area is 204 Å². The first kappa shape index (κ1) is 23.6. The van der Waals surface area contributed by atoms with E-state index < -0.39 is 6.04 Å². The Kier molecular flexibility index (Phi) is 7.38. The molecule has 0 unspecified atom stereocenters. The smallest absolute Gasteiger partial charge is 0.255 e. The predicted molar refractivity (Wildman–Crippen MR) is 131 cm³/mol. The van der Waals surface area contributed by atoms with E-state index >= 15 is 0 Å². The molecule has 0 aliphatic carbocycles. The van der Waals surface area contributed by atoms with Crippen LogP contribution in [0.15, 0.2) is 66.7 Å². The number of hydrogen-bond acceptors (Lipinski definition) is 4. The predicted octanol–water partition coefficient (Wildman–Crippen LogP) is 5.15. The number of amides is 2. The SMILES string of the molecule is CCOc1ccc([C@H](CC(=O)NCc2ccc(Cl)cc2)N2Cc3ccccc3C2=O)cc1OC. The van der Waals surface area contributed by atoms with E-state index in [1.807, 2.05) is 61.5 Å². The summed E-state index contributed by atoms with van der Waals surface area (Å²) < 4.78 is 11.2. The van der Waals surface area contributed by atoms with Gasteiger partial charge in [-0.1, -0.05) is 48.0 Å². The highest BCUT2D eigenvalue weighted by molar-refractivity contribution is 6.30. The lowest BCUT2D eigenvalue weighted by Gasteiger charge is -2.28. The molecule has 1 aliphatic heterocycles. The van der Waals surface area contributed by atoms with Gasteiger partial charge in [0.1, 0.15) is 0 Å². The third-order valence-electron chi connectivity index (χ3n) is 5.88. The minimum atomic E-state index is -0.463. The quantitative estimate of drug-likeness (QED) is 0.461. The second-order valence-electron chi connectivity index (χ2n) is 8.06. The average molecular weight is 479 g/mol. The maximum absolute atomic E-state index is 13.3. The number of rotatable bonds is 9. The number of fused-ring (bicyclic) bond motifs is 1. The molecule has 0 spiro atoms. The second kappa shape index (κ2) is 10.6. The van der Waals surface area contributed by atoms with Crippen molar-refractivity contribution in [2.75, 3.05) is 13.7 Å². The van der Waals surface area contributed by atoms with Crippen molar-refractivity contribution in [2.24, 2.45) is 0 Å². The van der Waals surface area contributed by atoms with E-state index in [1.165, 1.54) is 0 Å². The van der Waals surface area contributed by atoms with Gasteiger partial charge in [-0.2, -0.15) is 0 Å². The summed E-state index contributed by atoms with van der Waals surface area (Å²) in [5.74, 6) is 0.946. The van der Waals surface area contributed by atoms with Gasteiger partial charge in [0.05, 0.1) is 26.2 Å². The molecule has 0 fully saturated rings. The van der Waals surface area contributed by atoms with Crippen LogP contribution in [0.3, 0.4) is 0 Å². The highest BCUT2D eigenvalue weighted by Gasteiger charge is 2.34. The van der Waals surface area contributed by atoms with Crippen LogP contribution < -0.4 is 14.8 Å². The molecule has 7 heteroatoms. The van der Waals surface area contributed by atoms with Gasteiger partial charge in [0.15, 0.2) is 11.5 Å². The summed E-state index contributed by atoms with van der Waals surface area (Å²) in [6.45, 7) is 3.23. The zero-order chi connectivity index (χ0) is 24.1. The molecular formula is C27H27ClN2O4. The van der Waals surface area contributed by atoms with Crippen LogP contribution in [0.4, 0.5) is 0 Å². The third-order valence-corrected chi connectivity index (χ3v) is 6.13. The van der Waals surface area contributed by atoms with Crippen molar-refractivity contribution >= 4 is 23.4 Å². The van der Waals surface area contributed by atoms with E-state index in [1.54, 1.807) is 24.1 Å². The van der Waals surface area contributed by atoms with E-state index in [0.717, 1.165) is 16.7 Å². The van der Waals surface area contributed by atoms with Gasteiger partial charge in [0.2, 0.25) is 5.91 Å². The van der Waals surface area contributed by atoms with Crippen molar-refractivity contribution in [3.05, 3.63) is 94.0 Å². The van der Waals surface area contributed by atoms with Crippen LogP contribution in [0.5, 0.6) is 11.5 Å². The van der Waals surface area contributed by atoms with Crippen molar-refractivity contribution in [1.29, 1.82) is 0 Å². The molecule has 3 aromatic carbocycles. The Bertz CT molecular complexity index is 1180. The maximum atomic E-state index is 13.3. The van der Waals surface area contributed by atoms with Crippen LogP contribution in [0.2, 0.25) is 5.02 Å². The fourth-order valence-corrected chi connectivity index (χ4v) is 4.28. The Morgan fingerprint density at radius 2 is 1.85 bits per heavy atom. The van der Waals surface area contributed by atoms with Gasteiger partial charge in [0, 0.05) is 23.7 Å². The van der Waals surface area contributed by atoms with Crippen LogP contribution in [-0.2, 0) is 17.9 Å². The zero-order valence-electron chi connectivity index (χ0n) is 19.2. The first-order valence-electron chi connectivity index (χ1n) is 11.2. The van der Waals surface area contributed by atoms with E-state index in [0.29, 0.717) is 41.8 Å². The normalized spacial score (nSPS) is 13.4. The fraction of sp³-hybridized carbons (Fsp3) is 0.259. The molecule has 6 nitrogen and oxygen atoms in total. The van der Waals surface area contributed by atoms with Gasteiger partial charge in [-0.3, -0.25) is 9.59 Å². The summed E-state index contributed by atoms with van der Waals surface area (Å²) in [4.78, 5) is 28.0. The first-order chi connectivity index (χ1) is 16.5. The number of carbonyl (C=O) groups excluding carboxylic acids is 2. The Morgan fingerprint density at radius 1 is 1.09 bits per heavy atom. The minimum Gasteiger partial charge on any atom is -0.493 e. The molecule has 3 aromatic rings. The number of methoxy groups -OCH3 is 1. The molecule has 0 radical (unpaired) electrons. The summed E-state index contributed by atoms with van der Waals surface area (Å²) in [5.41, 5.74) is 3.38. The van der Waals surface area contributed by atoms with Gasteiger partial charge in [-0.25, -0.2) is 0 Å². The van der Waals surface area contributed by atoms with Gasteiger partial charge in [-0.15, -0.1) is 0 Å². The third kappa shape index (κ3) is 5.18. The summed E-state index contributed by atoms with van der Waals surface area (Å²) in [6.07, 6.45) is 0.116. The van der Waals surface area contributed by atoms with Crippen LogP contribution in [0.25, 0.3) is 0 Å². The van der Waals surface area contributed by atoms with E-state index in [-0.39, 0.29) is 18.2 Å². The van der Waals surface area contributed by atoms with Gasteiger partial charge in [0.25, 0.3) is 5.91 Å². The lowest BCUT2D eigenvalue weighted by atomic mass is 10.0. The number of ether oxygens (including phenoxy) is 2. The highest BCUT2D eigenvalue weighted by Crippen LogP contribution is 2.37. The summed E-state index contributed by atoms with van der Waals surface area (Å²) in [7, 11) is 1.58. The molecule has 176 valence electrons. The number of halogens is 1. The van der Waals surface area contributed by atoms with Crippen molar-refractivity contribution in [3.8, 4) is 11.5 Å². The molecule has 4 rings (SSSR count). The van der Waals surface area contributed by atoms with Gasteiger partial charge in [-0.05, 0) is 53.9 Å². The highest BCUT2D eigenvalue weighted by atomic mass is 35.5. The lowest BCUT2D eigenvalue weighted by Crippen LogP contribution is -2.34. The van der Waals surface area contributed by atoms with E-state index in [2.05, 4.69) is 5.32 Å². The largest absolute Gasteiger partial charge is 0.493 e. The number of carbonyl (C=O) groups is 2. The Balaban J connectivity index is 1.59. The van der Waals surface area contributed by atoms with Crippen molar-refractivity contribution in [2.45, 2.75) is 32.5 Å². The van der Waals surface area contributed by atoms with E-state index in [9.17, 15) is 9.59 Å². The molecule has 0 aromatic heterocycles. The van der Waals surface area contributed by atoms with Crippen LogP contribution in [0.1, 0.15) is 46.4 Å². The minimum absolute atomic E-state index is 0.0843. The summed E-state index contributed by atoms with van der Waals surface area (Å²) >= 11 is 5.95. The van der Waals surface area contributed by atoms with Crippen LogP contribution >= 0.6 is 11.6 Å². The second-order valence-corrected chi connectivity index (χ2v) is 8.49. The van der Waals surface area contributed by atoms with Crippen molar-refractivity contribution in [3.63, 3.8) is 0 Å². The molecule has 1 atom stereocenters.